The van der Waals surface area contributed by atoms with Crippen LogP contribution in [-0.4, -0.2) is 37.7 Å². The summed E-state index contributed by atoms with van der Waals surface area (Å²) in [5, 5.41) is 26.8. The van der Waals surface area contributed by atoms with Crippen molar-refractivity contribution in [3.63, 3.8) is 0 Å². The lowest BCUT2D eigenvalue weighted by Crippen LogP contribution is -2.45. The van der Waals surface area contributed by atoms with Crippen LogP contribution < -0.4 is 5.32 Å². The van der Waals surface area contributed by atoms with Crippen molar-refractivity contribution in [3.8, 4) is 5.69 Å². The molecule has 0 spiro atoms. The van der Waals surface area contributed by atoms with Crippen LogP contribution in [0.1, 0.15) is 30.8 Å². The van der Waals surface area contributed by atoms with Gasteiger partial charge in [0, 0.05) is 12.3 Å². The number of aromatic nitrogens is 2. The molecule has 0 radical (unpaired) electrons. The number of rotatable bonds is 7. The minimum absolute atomic E-state index is 0.0206. The molecule has 0 saturated carbocycles. The topological polar surface area (TPSA) is 127 Å². The van der Waals surface area contributed by atoms with E-state index in [1.807, 2.05) is 6.92 Å². The van der Waals surface area contributed by atoms with E-state index in [2.05, 4.69) is 10.4 Å². The molecule has 2 unspecified atom stereocenters. The fourth-order valence-corrected chi connectivity index (χ4v) is 2.29. The third kappa shape index (κ3) is 4.00. The Morgan fingerprint density at radius 2 is 2.04 bits per heavy atom. The Hall–Kier alpha value is -3.23. The molecular weight excluding hydrogens is 328 g/mol. The highest BCUT2D eigenvalue weighted by Gasteiger charge is 2.26. The number of benzene rings is 1. The van der Waals surface area contributed by atoms with Gasteiger partial charge in [0.05, 0.1) is 4.92 Å². The van der Waals surface area contributed by atoms with E-state index in [1.54, 1.807) is 13.0 Å². The molecule has 2 aromatic rings. The molecule has 9 nitrogen and oxygen atoms in total. The lowest BCUT2D eigenvalue weighted by Gasteiger charge is -2.19. The maximum Gasteiger partial charge on any atom is 0.326 e. The van der Waals surface area contributed by atoms with Gasteiger partial charge in [-0.15, -0.1) is 0 Å². The molecule has 2 N–H and O–H groups in total. The Bertz CT molecular complexity index is 801. The number of aliphatic carboxylic acids is 1. The summed E-state index contributed by atoms with van der Waals surface area (Å²) in [7, 11) is 0. The Morgan fingerprint density at radius 1 is 1.36 bits per heavy atom. The van der Waals surface area contributed by atoms with Gasteiger partial charge in [-0.05, 0) is 18.1 Å². The Labute approximate surface area is 143 Å². The van der Waals surface area contributed by atoms with E-state index in [1.165, 1.54) is 35.1 Å². The molecular formula is C16H18N4O5. The molecule has 1 amide bonds. The molecule has 0 aliphatic heterocycles. The summed E-state index contributed by atoms with van der Waals surface area (Å²) in [5.41, 5.74) is 0.0385. The summed E-state index contributed by atoms with van der Waals surface area (Å²) in [6.07, 6.45) is 2.00. The molecule has 0 bridgehead atoms. The average Bonchev–Trinajstić information content (AvgIpc) is 3.08. The second-order valence-corrected chi connectivity index (χ2v) is 5.57. The SMILES string of the molecule is CCC(C)C(NC(=O)c1ccn(-c2ccccc2[N+](=O)[O-])n1)C(=O)O. The Balaban J connectivity index is 2.25. The lowest BCUT2D eigenvalue weighted by atomic mass is 9.99. The van der Waals surface area contributed by atoms with Gasteiger partial charge in [0.1, 0.15) is 11.7 Å². The van der Waals surface area contributed by atoms with Gasteiger partial charge in [-0.1, -0.05) is 32.4 Å². The van der Waals surface area contributed by atoms with E-state index in [0.29, 0.717) is 6.42 Å². The van der Waals surface area contributed by atoms with Crippen LogP contribution in [0.15, 0.2) is 36.5 Å². The van der Waals surface area contributed by atoms with Crippen molar-refractivity contribution in [2.24, 2.45) is 5.92 Å². The van der Waals surface area contributed by atoms with Crippen LogP contribution in [0.3, 0.4) is 0 Å². The zero-order valence-electron chi connectivity index (χ0n) is 13.7. The van der Waals surface area contributed by atoms with Gasteiger partial charge in [-0.3, -0.25) is 14.9 Å². The van der Waals surface area contributed by atoms with Crippen LogP contribution >= 0.6 is 0 Å². The van der Waals surface area contributed by atoms with E-state index < -0.39 is 22.8 Å². The van der Waals surface area contributed by atoms with Gasteiger partial charge in [0.2, 0.25) is 0 Å². The van der Waals surface area contributed by atoms with E-state index in [4.69, 9.17) is 0 Å². The van der Waals surface area contributed by atoms with Crippen molar-refractivity contribution >= 4 is 17.6 Å². The van der Waals surface area contributed by atoms with Crippen LogP contribution in [0.5, 0.6) is 0 Å². The zero-order chi connectivity index (χ0) is 18.6. The second-order valence-electron chi connectivity index (χ2n) is 5.57. The highest BCUT2D eigenvalue weighted by molar-refractivity contribution is 5.95. The number of nitrogens with one attached hydrogen (secondary N) is 1. The second kappa shape index (κ2) is 7.56. The number of hydrogen-bond donors (Lipinski definition) is 2. The summed E-state index contributed by atoms with van der Waals surface area (Å²) in [4.78, 5) is 34.1. The van der Waals surface area contributed by atoms with Gasteiger partial charge in [-0.2, -0.15) is 5.10 Å². The maximum absolute atomic E-state index is 12.3. The first-order chi connectivity index (χ1) is 11.8. The first-order valence-corrected chi connectivity index (χ1v) is 7.68. The number of para-hydroxylation sites is 2. The highest BCUT2D eigenvalue weighted by Crippen LogP contribution is 2.21. The van der Waals surface area contributed by atoms with Crippen molar-refractivity contribution in [2.75, 3.05) is 0 Å². The molecule has 1 aromatic carbocycles. The van der Waals surface area contributed by atoms with Crippen molar-refractivity contribution in [2.45, 2.75) is 26.3 Å². The number of carbonyl (C=O) groups excluding carboxylic acids is 1. The minimum atomic E-state index is -1.12. The summed E-state index contributed by atoms with van der Waals surface area (Å²) in [6.45, 7) is 3.56. The van der Waals surface area contributed by atoms with Gasteiger partial charge in [0.25, 0.3) is 11.6 Å². The normalized spacial score (nSPS) is 13.0. The Morgan fingerprint density at radius 3 is 2.64 bits per heavy atom. The van der Waals surface area contributed by atoms with Crippen molar-refractivity contribution in [1.29, 1.82) is 0 Å². The number of carboxylic acid groups (broad SMARTS) is 1. The van der Waals surface area contributed by atoms with Crippen LogP contribution in [0, 0.1) is 16.0 Å². The number of nitrogens with zero attached hydrogens (tertiary/aromatic N) is 3. The third-order valence-electron chi connectivity index (χ3n) is 3.91. The van der Waals surface area contributed by atoms with Crippen LogP contribution in [-0.2, 0) is 4.79 Å². The number of hydrogen-bond acceptors (Lipinski definition) is 5. The molecule has 0 aliphatic carbocycles. The molecule has 9 heteroatoms. The zero-order valence-corrected chi connectivity index (χ0v) is 13.7. The van der Waals surface area contributed by atoms with E-state index in [-0.39, 0.29) is 23.0 Å². The quantitative estimate of drug-likeness (QED) is 0.583. The van der Waals surface area contributed by atoms with Crippen LogP contribution in [0.4, 0.5) is 5.69 Å². The largest absolute Gasteiger partial charge is 0.480 e. The molecule has 25 heavy (non-hydrogen) atoms. The third-order valence-corrected chi connectivity index (χ3v) is 3.91. The standard InChI is InChI=1S/C16H18N4O5/c1-3-10(2)14(16(22)23)17-15(21)11-8-9-19(18-11)12-6-4-5-7-13(12)20(24)25/h4-10,14H,3H2,1-2H3,(H,17,21)(H,22,23). The van der Waals surface area contributed by atoms with Gasteiger partial charge in [-0.25, -0.2) is 9.48 Å². The highest BCUT2D eigenvalue weighted by atomic mass is 16.6. The molecule has 0 aliphatic rings. The molecule has 0 fully saturated rings. The first-order valence-electron chi connectivity index (χ1n) is 7.68. The van der Waals surface area contributed by atoms with Crippen molar-refractivity contribution in [1.82, 2.24) is 15.1 Å². The predicted octanol–water partition coefficient (Wildman–Crippen LogP) is 2.01. The van der Waals surface area contributed by atoms with Crippen molar-refractivity contribution < 1.29 is 19.6 Å². The minimum Gasteiger partial charge on any atom is -0.480 e. The lowest BCUT2D eigenvalue weighted by molar-refractivity contribution is -0.384. The summed E-state index contributed by atoms with van der Waals surface area (Å²) in [6, 6.07) is 6.33. The molecule has 2 atom stereocenters. The van der Waals surface area contributed by atoms with E-state index >= 15 is 0 Å². The van der Waals surface area contributed by atoms with E-state index in [0.717, 1.165) is 0 Å². The predicted molar refractivity (Wildman–Crippen MR) is 88.6 cm³/mol. The molecule has 2 rings (SSSR count). The molecule has 1 heterocycles. The summed E-state index contributed by atoms with van der Waals surface area (Å²) < 4.78 is 1.21. The van der Waals surface area contributed by atoms with Crippen LogP contribution in [0.25, 0.3) is 5.69 Å². The van der Waals surface area contributed by atoms with Gasteiger partial charge in [0.15, 0.2) is 5.69 Å². The Kier molecular flexibility index (Phi) is 5.48. The number of carboxylic acids is 1. The summed E-state index contributed by atoms with van der Waals surface area (Å²) >= 11 is 0. The van der Waals surface area contributed by atoms with Crippen LogP contribution in [0.2, 0.25) is 0 Å². The number of nitro benzene ring substituents is 1. The fraction of sp³-hybridized carbons (Fsp3) is 0.312. The average molecular weight is 346 g/mol. The smallest absolute Gasteiger partial charge is 0.326 e. The fourth-order valence-electron chi connectivity index (χ4n) is 2.29. The van der Waals surface area contributed by atoms with Gasteiger partial charge >= 0.3 is 5.97 Å². The van der Waals surface area contributed by atoms with Crippen molar-refractivity contribution in [3.05, 3.63) is 52.3 Å². The molecule has 132 valence electrons. The number of carbonyl (C=O) groups is 2. The summed E-state index contributed by atoms with van der Waals surface area (Å²) in [5.74, 6) is -2.02. The number of nitro groups is 1. The van der Waals surface area contributed by atoms with E-state index in [9.17, 15) is 24.8 Å². The van der Waals surface area contributed by atoms with Gasteiger partial charge < -0.3 is 10.4 Å². The monoisotopic (exact) mass is 346 g/mol. The molecule has 1 aromatic heterocycles. The first kappa shape index (κ1) is 18.1. The molecule has 0 saturated heterocycles. The number of amides is 1. The maximum atomic E-state index is 12.3.